The van der Waals surface area contributed by atoms with Crippen LogP contribution in [0, 0.1) is 13.8 Å². The zero-order valence-electron chi connectivity index (χ0n) is 8.90. The topological polar surface area (TPSA) is 27.7 Å². The number of benzene rings is 1. The lowest BCUT2D eigenvalue weighted by atomic mass is 10.1. The molecule has 4 heteroatoms. The Morgan fingerprint density at radius 3 is 2.21 bits per heavy atom. The summed E-state index contributed by atoms with van der Waals surface area (Å²) in [6.45, 7) is 4.05. The second-order valence-corrected chi connectivity index (χ2v) is 4.31. The second-order valence-electron chi connectivity index (χ2n) is 2.95. The van der Waals surface area contributed by atoms with Gasteiger partial charge < -0.3 is 13.6 Å². The van der Waals surface area contributed by atoms with E-state index in [9.17, 15) is 0 Å². The number of hydrogen-bond acceptors (Lipinski definition) is 3. The van der Waals surface area contributed by atoms with Gasteiger partial charge in [0.15, 0.2) is 0 Å². The molecule has 0 fully saturated rings. The molecule has 0 aromatic heterocycles. The van der Waals surface area contributed by atoms with E-state index >= 15 is 0 Å². The molecular weight excluding hydrogens is 199 g/mol. The molecule has 1 aromatic rings. The van der Waals surface area contributed by atoms with E-state index in [1.165, 1.54) is 5.56 Å². The summed E-state index contributed by atoms with van der Waals surface area (Å²) >= 11 is 0. The maximum Gasteiger partial charge on any atom is 0.396 e. The average molecular weight is 214 g/mol. The first kappa shape index (κ1) is 11.4. The Morgan fingerprint density at radius 2 is 1.71 bits per heavy atom. The highest BCUT2D eigenvalue weighted by Crippen LogP contribution is 2.39. The van der Waals surface area contributed by atoms with Crippen molar-refractivity contribution in [3.05, 3.63) is 29.3 Å². The van der Waals surface area contributed by atoms with Crippen LogP contribution in [-0.2, 0) is 9.05 Å². The molecule has 0 spiro atoms. The fraction of sp³-hybridized carbons (Fsp3) is 0.400. The van der Waals surface area contributed by atoms with Crippen molar-refractivity contribution in [2.45, 2.75) is 13.8 Å². The molecule has 0 aliphatic heterocycles. The Balaban J connectivity index is 2.76. The Labute approximate surface area is 86.0 Å². The van der Waals surface area contributed by atoms with Crippen LogP contribution in [0.3, 0.4) is 0 Å². The fourth-order valence-corrected chi connectivity index (χ4v) is 1.79. The summed E-state index contributed by atoms with van der Waals surface area (Å²) in [6.07, 6.45) is 0. The molecule has 14 heavy (non-hydrogen) atoms. The monoisotopic (exact) mass is 214 g/mol. The highest BCUT2D eigenvalue weighted by Gasteiger charge is 2.11. The van der Waals surface area contributed by atoms with Crippen molar-refractivity contribution in [1.82, 2.24) is 0 Å². The molecular formula is C10H15O3P. The minimum absolute atomic E-state index is 0.811. The Hall–Kier alpha value is -0.630. The molecule has 3 nitrogen and oxygen atoms in total. The third-order valence-corrected chi connectivity index (χ3v) is 2.74. The van der Waals surface area contributed by atoms with Gasteiger partial charge in [0.05, 0.1) is 0 Å². The molecule has 1 rings (SSSR count). The van der Waals surface area contributed by atoms with Crippen LogP contribution in [-0.4, -0.2) is 14.2 Å². The molecule has 0 atom stereocenters. The summed E-state index contributed by atoms with van der Waals surface area (Å²) in [7, 11) is 1.88. The lowest BCUT2D eigenvalue weighted by molar-refractivity contribution is 0.276. The van der Waals surface area contributed by atoms with Crippen LogP contribution in [0.25, 0.3) is 0 Å². The lowest BCUT2D eigenvalue weighted by Gasteiger charge is -2.14. The van der Waals surface area contributed by atoms with Gasteiger partial charge in [-0.3, -0.25) is 0 Å². The van der Waals surface area contributed by atoms with Crippen molar-refractivity contribution in [3.63, 3.8) is 0 Å². The molecule has 0 aliphatic rings. The van der Waals surface area contributed by atoms with Gasteiger partial charge in [-0.25, -0.2) is 0 Å². The van der Waals surface area contributed by atoms with E-state index in [0.717, 1.165) is 11.3 Å². The number of rotatable bonds is 4. The first-order valence-corrected chi connectivity index (χ1v) is 5.40. The van der Waals surface area contributed by atoms with Crippen molar-refractivity contribution in [2.24, 2.45) is 0 Å². The van der Waals surface area contributed by atoms with Crippen LogP contribution in [0.5, 0.6) is 5.75 Å². The highest BCUT2D eigenvalue weighted by molar-refractivity contribution is 7.42. The van der Waals surface area contributed by atoms with Crippen molar-refractivity contribution in [3.8, 4) is 5.75 Å². The quantitative estimate of drug-likeness (QED) is 0.720. The Kier molecular flexibility index (Phi) is 4.33. The first-order valence-electron chi connectivity index (χ1n) is 4.31. The standard InChI is InChI=1S/C10H15O3P/c1-8-5-6-10(9(2)7-8)13-14(11-3)12-4/h5-7H,1-4H3. The van der Waals surface area contributed by atoms with Crippen LogP contribution in [0.2, 0.25) is 0 Å². The zero-order chi connectivity index (χ0) is 10.6. The van der Waals surface area contributed by atoms with Crippen LogP contribution in [0.15, 0.2) is 18.2 Å². The van der Waals surface area contributed by atoms with Crippen LogP contribution >= 0.6 is 8.60 Å². The van der Waals surface area contributed by atoms with Crippen molar-refractivity contribution in [1.29, 1.82) is 0 Å². The third-order valence-electron chi connectivity index (χ3n) is 1.80. The molecule has 0 saturated heterocycles. The fourth-order valence-electron chi connectivity index (χ4n) is 1.13. The number of hydrogen-bond donors (Lipinski definition) is 0. The van der Waals surface area contributed by atoms with E-state index in [1.54, 1.807) is 14.2 Å². The Bertz CT molecular complexity index is 297. The first-order chi connectivity index (χ1) is 6.67. The van der Waals surface area contributed by atoms with Crippen LogP contribution in [0.4, 0.5) is 0 Å². The van der Waals surface area contributed by atoms with Gasteiger partial charge >= 0.3 is 8.60 Å². The maximum atomic E-state index is 5.52. The van der Waals surface area contributed by atoms with Gasteiger partial charge in [-0.05, 0) is 25.5 Å². The SMILES string of the molecule is COP(OC)Oc1ccc(C)cc1C. The van der Waals surface area contributed by atoms with Crippen molar-refractivity contribution in [2.75, 3.05) is 14.2 Å². The van der Waals surface area contributed by atoms with Gasteiger partial charge in [-0.15, -0.1) is 0 Å². The summed E-state index contributed by atoms with van der Waals surface area (Å²) in [6, 6.07) is 5.99. The molecule has 0 aliphatic carbocycles. The zero-order valence-corrected chi connectivity index (χ0v) is 9.80. The van der Waals surface area contributed by atoms with Crippen LogP contribution in [0.1, 0.15) is 11.1 Å². The molecule has 0 bridgehead atoms. The van der Waals surface area contributed by atoms with E-state index in [-0.39, 0.29) is 0 Å². The van der Waals surface area contributed by atoms with Crippen molar-refractivity contribution >= 4 is 8.60 Å². The average Bonchev–Trinajstić information content (AvgIpc) is 2.17. The minimum Gasteiger partial charge on any atom is -0.426 e. The second kappa shape index (κ2) is 5.30. The molecule has 78 valence electrons. The third kappa shape index (κ3) is 2.95. The summed E-state index contributed by atoms with van der Waals surface area (Å²) in [5.74, 6) is 0.811. The molecule has 1 aromatic carbocycles. The smallest absolute Gasteiger partial charge is 0.396 e. The molecule has 0 saturated carbocycles. The van der Waals surface area contributed by atoms with Gasteiger partial charge in [-0.1, -0.05) is 17.7 Å². The van der Waals surface area contributed by atoms with Crippen molar-refractivity contribution < 1.29 is 13.6 Å². The summed E-state index contributed by atoms with van der Waals surface area (Å²) < 4.78 is 15.5. The molecule has 0 unspecified atom stereocenters. The minimum atomic E-state index is -1.26. The molecule has 0 amide bonds. The van der Waals surface area contributed by atoms with Gasteiger partial charge in [0.25, 0.3) is 0 Å². The molecule has 0 N–H and O–H groups in total. The molecule has 0 radical (unpaired) electrons. The molecule has 0 heterocycles. The van der Waals surface area contributed by atoms with Gasteiger partial charge in [0, 0.05) is 14.2 Å². The largest absolute Gasteiger partial charge is 0.426 e. The predicted molar refractivity (Wildman–Crippen MR) is 57.5 cm³/mol. The van der Waals surface area contributed by atoms with E-state index in [2.05, 4.69) is 6.07 Å². The summed E-state index contributed by atoms with van der Waals surface area (Å²) in [5, 5.41) is 0. The van der Waals surface area contributed by atoms with E-state index in [0.29, 0.717) is 0 Å². The number of aryl methyl sites for hydroxylation is 2. The van der Waals surface area contributed by atoms with E-state index < -0.39 is 8.60 Å². The van der Waals surface area contributed by atoms with Crippen LogP contribution < -0.4 is 4.52 Å². The van der Waals surface area contributed by atoms with Gasteiger partial charge in [-0.2, -0.15) is 0 Å². The maximum absolute atomic E-state index is 5.52. The van der Waals surface area contributed by atoms with E-state index in [1.807, 2.05) is 26.0 Å². The Morgan fingerprint density at radius 1 is 1.07 bits per heavy atom. The van der Waals surface area contributed by atoms with Gasteiger partial charge in [0.2, 0.25) is 0 Å². The highest BCUT2D eigenvalue weighted by atomic mass is 31.2. The lowest BCUT2D eigenvalue weighted by Crippen LogP contribution is -1.93. The summed E-state index contributed by atoms with van der Waals surface area (Å²) in [5.41, 5.74) is 2.31. The van der Waals surface area contributed by atoms with Gasteiger partial charge in [0.1, 0.15) is 5.75 Å². The normalized spacial score (nSPS) is 10.6. The predicted octanol–water partition coefficient (Wildman–Crippen LogP) is 3.20. The summed E-state index contributed by atoms with van der Waals surface area (Å²) in [4.78, 5) is 0. The van der Waals surface area contributed by atoms with E-state index in [4.69, 9.17) is 13.6 Å².